The Labute approximate surface area is 71.4 Å². The summed E-state index contributed by atoms with van der Waals surface area (Å²) in [6, 6.07) is 0. The smallest absolute Gasteiger partial charge is 0.133 e. The van der Waals surface area contributed by atoms with Crippen molar-refractivity contribution in [3.63, 3.8) is 0 Å². The fourth-order valence-electron chi connectivity index (χ4n) is 0.559. The number of carboxylic acids is 1. The van der Waals surface area contributed by atoms with Crippen molar-refractivity contribution in [3.8, 4) is 0 Å². The van der Waals surface area contributed by atoms with Crippen LogP contribution in [0, 0.1) is 0 Å². The van der Waals surface area contributed by atoms with Crippen molar-refractivity contribution in [1.82, 2.24) is 9.97 Å². The third-order valence-electron chi connectivity index (χ3n) is 0.976. The van der Waals surface area contributed by atoms with Gasteiger partial charge in [-0.25, -0.2) is 9.97 Å². The molecule has 0 N–H and O–H groups in total. The highest BCUT2D eigenvalue weighted by atomic mass is 79.9. The lowest BCUT2D eigenvalue weighted by Gasteiger charge is -1.98. The summed E-state index contributed by atoms with van der Waals surface area (Å²) in [5, 5.41) is 10.1. The van der Waals surface area contributed by atoms with Crippen LogP contribution < -0.4 is 5.11 Å². The molecule has 0 atom stereocenters. The lowest BCUT2D eigenvalue weighted by atomic mass is 10.4. The van der Waals surface area contributed by atoms with Gasteiger partial charge in [0.05, 0.1) is 4.47 Å². The molecule has 1 rings (SSSR count). The Morgan fingerprint density at radius 1 is 1.55 bits per heavy atom. The molecule has 0 spiro atoms. The van der Waals surface area contributed by atoms with E-state index < -0.39 is 5.97 Å². The summed E-state index contributed by atoms with van der Waals surface area (Å²) in [4.78, 5) is 17.5. The molecule has 58 valence electrons. The molecule has 0 aromatic carbocycles. The monoisotopic (exact) mass is 215 g/mol. The van der Waals surface area contributed by atoms with Crippen LogP contribution in [0.5, 0.6) is 0 Å². The molecule has 0 amide bonds. The number of halogens is 1. The molecule has 0 unspecified atom stereocenters. The fourth-order valence-corrected chi connectivity index (χ4v) is 0.764. The second-order valence-electron chi connectivity index (χ2n) is 1.87. The van der Waals surface area contributed by atoms with Crippen LogP contribution in [-0.2, 0) is 11.2 Å². The van der Waals surface area contributed by atoms with Gasteiger partial charge in [-0.15, -0.1) is 0 Å². The lowest BCUT2D eigenvalue weighted by molar-refractivity contribution is -0.304. The van der Waals surface area contributed by atoms with Crippen molar-refractivity contribution in [1.29, 1.82) is 0 Å². The van der Waals surface area contributed by atoms with E-state index >= 15 is 0 Å². The Kier molecular flexibility index (Phi) is 2.53. The highest BCUT2D eigenvalue weighted by Gasteiger charge is 1.95. The normalized spacial score (nSPS) is 9.55. The molecule has 0 aliphatic rings. The first kappa shape index (κ1) is 8.13. The number of hydrogen-bond acceptors (Lipinski definition) is 4. The maximum absolute atomic E-state index is 10.1. The Morgan fingerprint density at radius 3 is 2.55 bits per heavy atom. The molecule has 0 radical (unpaired) electrons. The van der Waals surface area contributed by atoms with Gasteiger partial charge < -0.3 is 9.90 Å². The van der Waals surface area contributed by atoms with Gasteiger partial charge in [0.1, 0.15) is 5.82 Å². The number of carbonyl (C=O) groups is 1. The summed E-state index contributed by atoms with van der Waals surface area (Å²) in [6.07, 6.45) is 2.74. The molecule has 1 heterocycles. The van der Waals surface area contributed by atoms with Crippen molar-refractivity contribution < 1.29 is 9.90 Å². The van der Waals surface area contributed by atoms with E-state index in [-0.39, 0.29) is 12.2 Å². The number of hydrogen-bond donors (Lipinski definition) is 0. The molecule has 5 heteroatoms. The summed E-state index contributed by atoms with van der Waals surface area (Å²) in [5.41, 5.74) is 0. The van der Waals surface area contributed by atoms with Gasteiger partial charge in [0, 0.05) is 24.8 Å². The van der Waals surface area contributed by atoms with Crippen molar-refractivity contribution in [2.75, 3.05) is 0 Å². The standard InChI is InChI=1S/C6H5BrN2O2/c7-4-2-8-5(9-3-4)1-6(10)11/h2-3H,1H2,(H,10,11)/p-1. The molecule has 0 fully saturated rings. The van der Waals surface area contributed by atoms with Crippen LogP contribution in [0.2, 0.25) is 0 Å². The van der Waals surface area contributed by atoms with Crippen molar-refractivity contribution >= 4 is 21.9 Å². The van der Waals surface area contributed by atoms with Crippen LogP contribution in [0.4, 0.5) is 0 Å². The predicted octanol–water partition coefficient (Wildman–Crippen LogP) is -0.469. The third kappa shape index (κ3) is 2.63. The zero-order chi connectivity index (χ0) is 8.27. The van der Waals surface area contributed by atoms with Crippen LogP contribution in [0.3, 0.4) is 0 Å². The number of aromatic nitrogens is 2. The van der Waals surface area contributed by atoms with Gasteiger partial charge in [0.25, 0.3) is 0 Å². The topological polar surface area (TPSA) is 65.9 Å². The first-order valence-electron chi connectivity index (χ1n) is 2.85. The van der Waals surface area contributed by atoms with Crippen LogP contribution in [0.25, 0.3) is 0 Å². The molecule has 0 saturated carbocycles. The molecule has 0 saturated heterocycles. The summed E-state index contributed by atoms with van der Waals surface area (Å²) in [7, 11) is 0. The minimum Gasteiger partial charge on any atom is -0.550 e. The first-order valence-corrected chi connectivity index (χ1v) is 3.64. The molecular formula is C6H4BrN2O2-. The van der Waals surface area contributed by atoms with E-state index in [1.165, 1.54) is 12.4 Å². The average molecular weight is 216 g/mol. The fraction of sp³-hybridized carbons (Fsp3) is 0.167. The van der Waals surface area contributed by atoms with E-state index in [0.717, 1.165) is 4.47 Å². The summed E-state index contributed by atoms with van der Waals surface area (Å²) >= 11 is 3.12. The Hall–Kier alpha value is -0.970. The molecule has 0 aliphatic carbocycles. The van der Waals surface area contributed by atoms with Gasteiger partial charge in [-0.1, -0.05) is 0 Å². The molecule has 11 heavy (non-hydrogen) atoms. The first-order chi connectivity index (χ1) is 5.18. The maximum Gasteiger partial charge on any atom is 0.133 e. The van der Waals surface area contributed by atoms with E-state index in [1.54, 1.807) is 0 Å². The summed E-state index contributed by atoms with van der Waals surface area (Å²) in [5.74, 6) is -0.916. The van der Waals surface area contributed by atoms with Crippen LogP contribution >= 0.6 is 15.9 Å². The minimum atomic E-state index is -1.17. The maximum atomic E-state index is 10.1. The van der Waals surface area contributed by atoms with Gasteiger partial charge in [-0.2, -0.15) is 0 Å². The highest BCUT2D eigenvalue weighted by molar-refractivity contribution is 9.10. The number of rotatable bonds is 2. The minimum absolute atomic E-state index is 0.243. The average Bonchev–Trinajstić information content (AvgIpc) is 1.93. The van der Waals surface area contributed by atoms with Gasteiger partial charge >= 0.3 is 0 Å². The Balaban J connectivity index is 2.74. The van der Waals surface area contributed by atoms with Crippen molar-refractivity contribution in [2.45, 2.75) is 6.42 Å². The van der Waals surface area contributed by atoms with Gasteiger partial charge in [0.2, 0.25) is 0 Å². The highest BCUT2D eigenvalue weighted by Crippen LogP contribution is 2.04. The molecular weight excluding hydrogens is 212 g/mol. The van der Waals surface area contributed by atoms with Crippen LogP contribution in [0.1, 0.15) is 5.82 Å². The number of nitrogens with zero attached hydrogens (tertiary/aromatic N) is 2. The molecule has 4 nitrogen and oxygen atoms in total. The Morgan fingerprint density at radius 2 is 2.09 bits per heavy atom. The van der Waals surface area contributed by atoms with E-state index in [1.807, 2.05) is 0 Å². The van der Waals surface area contributed by atoms with E-state index in [4.69, 9.17) is 0 Å². The molecule has 0 bridgehead atoms. The number of carbonyl (C=O) groups excluding carboxylic acids is 1. The van der Waals surface area contributed by atoms with Crippen molar-refractivity contribution in [2.24, 2.45) is 0 Å². The van der Waals surface area contributed by atoms with Gasteiger partial charge in [0.15, 0.2) is 0 Å². The predicted molar refractivity (Wildman–Crippen MR) is 38.4 cm³/mol. The molecule has 1 aromatic rings. The Bertz CT molecular complexity index is 260. The summed E-state index contributed by atoms with van der Waals surface area (Å²) < 4.78 is 0.722. The van der Waals surface area contributed by atoms with E-state index in [9.17, 15) is 9.90 Å². The zero-order valence-electron chi connectivity index (χ0n) is 5.45. The molecule has 1 aromatic heterocycles. The second-order valence-corrected chi connectivity index (χ2v) is 2.78. The molecule has 0 aliphatic heterocycles. The van der Waals surface area contributed by atoms with Crippen molar-refractivity contribution in [3.05, 3.63) is 22.7 Å². The van der Waals surface area contributed by atoms with E-state index in [0.29, 0.717) is 0 Å². The van der Waals surface area contributed by atoms with Crippen LogP contribution in [0.15, 0.2) is 16.9 Å². The second kappa shape index (κ2) is 3.43. The summed E-state index contributed by atoms with van der Waals surface area (Å²) in [6.45, 7) is 0. The number of carboxylic acid groups (broad SMARTS) is 1. The largest absolute Gasteiger partial charge is 0.550 e. The number of aliphatic carboxylic acids is 1. The lowest BCUT2D eigenvalue weighted by Crippen LogP contribution is -2.25. The zero-order valence-corrected chi connectivity index (χ0v) is 7.04. The quantitative estimate of drug-likeness (QED) is 0.670. The van der Waals surface area contributed by atoms with Gasteiger partial charge in [-0.3, -0.25) is 0 Å². The SMILES string of the molecule is O=C([O-])Cc1ncc(Br)cn1. The van der Waals surface area contributed by atoms with E-state index in [2.05, 4.69) is 25.9 Å². The van der Waals surface area contributed by atoms with Gasteiger partial charge in [-0.05, 0) is 15.9 Å². The van der Waals surface area contributed by atoms with Crippen LogP contribution in [-0.4, -0.2) is 15.9 Å². The third-order valence-corrected chi connectivity index (χ3v) is 1.39.